The zero-order valence-corrected chi connectivity index (χ0v) is 14.8. The Hall–Kier alpha value is -2.47. The maximum absolute atomic E-state index is 13.5. The minimum absolute atomic E-state index is 0.0621. The highest BCUT2D eigenvalue weighted by Gasteiger charge is 2.19. The van der Waals surface area contributed by atoms with Crippen LogP contribution in [0.25, 0.3) is 0 Å². The number of para-hydroxylation sites is 1. The molecule has 0 unspecified atom stereocenters. The molecule has 1 aliphatic heterocycles. The molecule has 1 aromatic carbocycles. The van der Waals surface area contributed by atoms with E-state index in [2.05, 4.69) is 9.88 Å². The number of rotatable bonds is 6. The molecule has 0 aliphatic carbocycles. The van der Waals surface area contributed by atoms with Crippen molar-refractivity contribution in [1.29, 1.82) is 0 Å². The third-order valence-electron chi connectivity index (χ3n) is 4.51. The lowest BCUT2D eigenvalue weighted by molar-refractivity contribution is -0.131. The highest BCUT2D eigenvalue weighted by atomic mass is 19.1. The lowest BCUT2D eigenvalue weighted by atomic mass is 10.2. The summed E-state index contributed by atoms with van der Waals surface area (Å²) in [4.78, 5) is 20.7. The smallest absolute Gasteiger partial charge is 0.226 e. The number of aromatic nitrogens is 1. The first kappa shape index (κ1) is 18.3. The Labute approximate surface area is 153 Å². The molecule has 3 rings (SSSR count). The average molecular weight is 357 g/mol. The van der Waals surface area contributed by atoms with Gasteiger partial charge in [-0.2, -0.15) is 0 Å². The number of pyridine rings is 1. The van der Waals surface area contributed by atoms with Gasteiger partial charge in [0.25, 0.3) is 0 Å². The van der Waals surface area contributed by atoms with Crippen LogP contribution < -0.4 is 4.74 Å². The average Bonchev–Trinajstić information content (AvgIpc) is 2.90. The number of carbonyl (C=O) groups excluding carboxylic acids is 1. The van der Waals surface area contributed by atoms with Gasteiger partial charge in [0.1, 0.15) is 0 Å². The SMILES string of the molecule is O=C(CCOc1ccccc1F)N1CCCN(Cc2ccncc2)CC1. The van der Waals surface area contributed by atoms with Gasteiger partial charge in [-0.1, -0.05) is 12.1 Å². The minimum atomic E-state index is -0.401. The van der Waals surface area contributed by atoms with Crippen molar-refractivity contribution in [2.24, 2.45) is 0 Å². The van der Waals surface area contributed by atoms with Crippen LogP contribution in [0.5, 0.6) is 5.75 Å². The third kappa shape index (κ3) is 5.26. The van der Waals surface area contributed by atoms with Crippen molar-refractivity contribution in [3.05, 3.63) is 60.2 Å². The number of ether oxygens (including phenoxy) is 1. The number of nitrogens with zero attached hydrogens (tertiary/aromatic N) is 3. The lowest BCUT2D eigenvalue weighted by Gasteiger charge is -2.22. The van der Waals surface area contributed by atoms with E-state index in [1.165, 1.54) is 11.6 Å². The molecule has 6 heteroatoms. The van der Waals surface area contributed by atoms with E-state index >= 15 is 0 Å². The van der Waals surface area contributed by atoms with Crippen LogP contribution >= 0.6 is 0 Å². The summed E-state index contributed by atoms with van der Waals surface area (Å²) in [5.74, 6) is -0.145. The molecule has 1 saturated heterocycles. The summed E-state index contributed by atoms with van der Waals surface area (Å²) in [6.07, 6.45) is 4.82. The van der Waals surface area contributed by atoms with E-state index in [-0.39, 0.29) is 24.7 Å². The Bertz CT molecular complexity index is 711. The maximum Gasteiger partial charge on any atom is 0.226 e. The largest absolute Gasteiger partial charge is 0.490 e. The Balaban J connectivity index is 1.43. The predicted octanol–water partition coefficient (Wildman–Crippen LogP) is 2.72. The van der Waals surface area contributed by atoms with Gasteiger partial charge in [-0.15, -0.1) is 0 Å². The van der Waals surface area contributed by atoms with Crippen molar-refractivity contribution >= 4 is 5.91 Å². The van der Waals surface area contributed by atoms with Crippen molar-refractivity contribution < 1.29 is 13.9 Å². The van der Waals surface area contributed by atoms with E-state index < -0.39 is 5.82 Å². The van der Waals surface area contributed by atoms with Crippen LogP contribution in [0.2, 0.25) is 0 Å². The molecule has 1 aliphatic rings. The van der Waals surface area contributed by atoms with Crippen molar-refractivity contribution in [2.75, 3.05) is 32.8 Å². The number of carbonyl (C=O) groups is 1. The fraction of sp³-hybridized carbons (Fsp3) is 0.400. The molecule has 0 bridgehead atoms. The second kappa shape index (κ2) is 9.29. The van der Waals surface area contributed by atoms with Gasteiger partial charge < -0.3 is 9.64 Å². The van der Waals surface area contributed by atoms with Crippen LogP contribution in [0.3, 0.4) is 0 Å². The quantitative estimate of drug-likeness (QED) is 0.797. The molecule has 0 atom stereocenters. The van der Waals surface area contributed by atoms with Crippen molar-refractivity contribution in [3.63, 3.8) is 0 Å². The van der Waals surface area contributed by atoms with Gasteiger partial charge in [-0.05, 0) is 36.2 Å². The second-order valence-corrected chi connectivity index (χ2v) is 6.39. The first-order valence-electron chi connectivity index (χ1n) is 8.99. The van der Waals surface area contributed by atoms with Gasteiger partial charge >= 0.3 is 0 Å². The standard InChI is InChI=1S/C20H24FN3O2/c21-18-4-1-2-5-19(18)26-15-8-20(25)24-12-3-11-23(13-14-24)16-17-6-9-22-10-7-17/h1-2,4-7,9-10H,3,8,11-16H2. The fourth-order valence-corrected chi connectivity index (χ4v) is 3.09. The summed E-state index contributed by atoms with van der Waals surface area (Å²) in [5.41, 5.74) is 1.23. The molecule has 1 aromatic heterocycles. The lowest BCUT2D eigenvalue weighted by Crippen LogP contribution is -2.35. The van der Waals surface area contributed by atoms with Crippen molar-refractivity contribution in [2.45, 2.75) is 19.4 Å². The number of hydrogen-bond donors (Lipinski definition) is 0. The first-order chi connectivity index (χ1) is 12.7. The molecule has 0 spiro atoms. The van der Waals surface area contributed by atoms with Crippen molar-refractivity contribution in [3.8, 4) is 5.75 Å². The van der Waals surface area contributed by atoms with Crippen LogP contribution in [0.4, 0.5) is 4.39 Å². The number of amides is 1. The van der Waals surface area contributed by atoms with E-state index in [0.717, 1.165) is 32.6 Å². The molecular formula is C20H24FN3O2. The molecule has 2 aromatic rings. The summed E-state index contributed by atoms with van der Waals surface area (Å²) in [6.45, 7) is 4.35. The van der Waals surface area contributed by atoms with Gasteiger partial charge in [-0.25, -0.2) is 4.39 Å². The Morgan fingerprint density at radius 1 is 1.08 bits per heavy atom. The second-order valence-electron chi connectivity index (χ2n) is 6.39. The van der Waals surface area contributed by atoms with E-state index in [0.29, 0.717) is 6.54 Å². The van der Waals surface area contributed by atoms with Crippen LogP contribution in [0, 0.1) is 5.82 Å². The van der Waals surface area contributed by atoms with Crippen LogP contribution in [-0.2, 0) is 11.3 Å². The van der Waals surface area contributed by atoms with Gasteiger partial charge in [0.05, 0.1) is 13.0 Å². The Morgan fingerprint density at radius 2 is 1.88 bits per heavy atom. The fourth-order valence-electron chi connectivity index (χ4n) is 3.09. The molecule has 0 saturated carbocycles. The van der Waals surface area contributed by atoms with Gasteiger partial charge in [0.15, 0.2) is 11.6 Å². The molecule has 5 nitrogen and oxygen atoms in total. The predicted molar refractivity (Wildman–Crippen MR) is 97.2 cm³/mol. The molecule has 138 valence electrons. The monoisotopic (exact) mass is 357 g/mol. The van der Waals surface area contributed by atoms with E-state index in [4.69, 9.17) is 4.74 Å². The molecule has 0 radical (unpaired) electrons. The third-order valence-corrected chi connectivity index (χ3v) is 4.51. The molecular weight excluding hydrogens is 333 g/mol. The summed E-state index contributed by atoms with van der Waals surface area (Å²) in [7, 11) is 0. The van der Waals surface area contributed by atoms with Crippen LogP contribution in [0.15, 0.2) is 48.8 Å². The highest BCUT2D eigenvalue weighted by Crippen LogP contribution is 2.16. The number of halogens is 1. The number of hydrogen-bond acceptors (Lipinski definition) is 4. The normalized spacial score (nSPS) is 15.5. The molecule has 2 heterocycles. The number of benzene rings is 1. The summed E-state index contributed by atoms with van der Waals surface area (Å²) >= 11 is 0. The Morgan fingerprint density at radius 3 is 2.69 bits per heavy atom. The zero-order chi connectivity index (χ0) is 18.2. The van der Waals surface area contributed by atoms with E-state index in [1.807, 2.05) is 17.0 Å². The minimum Gasteiger partial charge on any atom is -0.490 e. The molecule has 26 heavy (non-hydrogen) atoms. The van der Waals surface area contributed by atoms with Gasteiger partial charge in [0, 0.05) is 45.1 Å². The molecule has 0 N–H and O–H groups in total. The van der Waals surface area contributed by atoms with Crippen molar-refractivity contribution in [1.82, 2.24) is 14.8 Å². The molecule has 1 amide bonds. The Kier molecular flexibility index (Phi) is 6.55. The molecule has 1 fully saturated rings. The van der Waals surface area contributed by atoms with Crippen LogP contribution in [-0.4, -0.2) is 53.5 Å². The summed E-state index contributed by atoms with van der Waals surface area (Å²) < 4.78 is 18.9. The van der Waals surface area contributed by atoms with Crippen LogP contribution in [0.1, 0.15) is 18.4 Å². The first-order valence-corrected chi connectivity index (χ1v) is 8.99. The highest BCUT2D eigenvalue weighted by molar-refractivity contribution is 5.76. The maximum atomic E-state index is 13.5. The van der Waals surface area contributed by atoms with Gasteiger partial charge in [0.2, 0.25) is 5.91 Å². The van der Waals surface area contributed by atoms with E-state index in [9.17, 15) is 9.18 Å². The zero-order valence-electron chi connectivity index (χ0n) is 14.8. The summed E-state index contributed by atoms with van der Waals surface area (Å²) in [5, 5.41) is 0. The van der Waals surface area contributed by atoms with E-state index in [1.54, 1.807) is 30.6 Å². The van der Waals surface area contributed by atoms with Gasteiger partial charge in [-0.3, -0.25) is 14.7 Å². The summed E-state index contributed by atoms with van der Waals surface area (Å²) in [6, 6.07) is 10.3. The topological polar surface area (TPSA) is 45.7 Å².